The molecule has 0 saturated heterocycles. The molecule has 0 heterocycles. The monoisotopic (exact) mass is 283 g/mol. The van der Waals surface area contributed by atoms with Gasteiger partial charge >= 0.3 is 6.18 Å². The molecule has 2 aromatic carbocycles. The number of hydrogen-bond acceptors (Lipinski definition) is 1. The van der Waals surface area contributed by atoms with Crippen LogP contribution in [0.5, 0.6) is 0 Å². The molecule has 0 spiro atoms. The van der Waals surface area contributed by atoms with Crippen LogP contribution in [0.3, 0.4) is 0 Å². The summed E-state index contributed by atoms with van der Waals surface area (Å²) in [6, 6.07) is 16.3. The van der Waals surface area contributed by atoms with E-state index in [-0.39, 0.29) is 12.2 Å². The standard InChI is InChI=1S/C15H13F4N/c16-14(15(17,18)19)20(13-9-5-2-6-10-13)11-12-7-3-1-4-8-12/h1-10,14H,11H2. The van der Waals surface area contributed by atoms with Gasteiger partial charge < -0.3 is 4.90 Å². The van der Waals surface area contributed by atoms with Crippen molar-refractivity contribution in [3.8, 4) is 0 Å². The number of rotatable bonds is 4. The van der Waals surface area contributed by atoms with Crippen molar-refractivity contribution in [3.05, 3.63) is 66.2 Å². The zero-order valence-corrected chi connectivity index (χ0v) is 10.5. The summed E-state index contributed by atoms with van der Waals surface area (Å²) < 4.78 is 51.8. The predicted molar refractivity (Wildman–Crippen MR) is 70.0 cm³/mol. The van der Waals surface area contributed by atoms with Crippen LogP contribution in [0.15, 0.2) is 60.7 Å². The highest BCUT2D eigenvalue weighted by atomic mass is 19.4. The fourth-order valence-electron chi connectivity index (χ4n) is 1.88. The van der Waals surface area contributed by atoms with Gasteiger partial charge in [-0.25, -0.2) is 4.39 Å². The van der Waals surface area contributed by atoms with E-state index in [1.807, 2.05) is 0 Å². The van der Waals surface area contributed by atoms with Crippen molar-refractivity contribution in [2.75, 3.05) is 4.90 Å². The van der Waals surface area contributed by atoms with E-state index in [9.17, 15) is 17.6 Å². The van der Waals surface area contributed by atoms with Crippen LogP contribution in [-0.4, -0.2) is 12.5 Å². The number of hydrogen-bond donors (Lipinski definition) is 0. The van der Waals surface area contributed by atoms with Crippen molar-refractivity contribution in [2.45, 2.75) is 19.0 Å². The zero-order valence-electron chi connectivity index (χ0n) is 10.5. The summed E-state index contributed by atoms with van der Waals surface area (Å²) in [7, 11) is 0. The third kappa shape index (κ3) is 3.50. The largest absolute Gasteiger partial charge is 0.438 e. The van der Waals surface area contributed by atoms with Gasteiger partial charge in [0.2, 0.25) is 0 Å². The molecule has 0 fully saturated rings. The first-order chi connectivity index (χ1) is 9.48. The van der Waals surface area contributed by atoms with Crippen molar-refractivity contribution < 1.29 is 17.6 Å². The fraction of sp³-hybridized carbons (Fsp3) is 0.200. The van der Waals surface area contributed by atoms with Gasteiger partial charge in [-0.15, -0.1) is 0 Å². The molecule has 0 aromatic heterocycles. The lowest BCUT2D eigenvalue weighted by molar-refractivity contribution is -0.180. The zero-order chi connectivity index (χ0) is 14.6. The molecule has 2 rings (SSSR count). The number of nitrogens with zero attached hydrogens (tertiary/aromatic N) is 1. The Hall–Kier alpha value is -2.04. The van der Waals surface area contributed by atoms with Crippen LogP contribution in [0.4, 0.5) is 23.2 Å². The molecule has 0 saturated carbocycles. The van der Waals surface area contributed by atoms with E-state index in [2.05, 4.69) is 0 Å². The number of benzene rings is 2. The van der Waals surface area contributed by atoms with E-state index >= 15 is 0 Å². The quantitative estimate of drug-likeness (QED) is 0.587. The topological polar surface area (TPSA) is 3.24 Å². The molecule has 0 aliphatic heterocycles. The molecule has 1 atom stereocenters. The van der Waals surface area contributed by atoms with Crippen molar-refractivity contribution in [2.24, 2.45) is 0 Å². The third-order valence-electron chi connectivity index (χ3n) is 2.83. The van der Waals surface area contributed by atoms with E-state index in [4.69, 9.17) is 0 Å². The van der Waals surface area contributed by atoms with Crippen LogP contribution in [0.2, 0.25) is 0 Å². The second-order valence-electron chi connectivity index (χ2n) is 4.33. The minimum Gasteiger partial charge on any atom is -0.330 e. The summed E-state index contributed by atoms with van der Waals surface area (Å²) >= 11 is 0. The second kappa shape index (κ2) is 5.94. The lowest BCUT2D eigenvalue weighted by Crippen LogP contribution is -2.42. The number of para-hydroxylation sites is 1. The molecule has 1 unspecified atom stereocenters. The normalized spacial score (nSPS) is 13.0. The summed E-state index contributed by atoms with van der Waals surface area (Å²) in [6.07, 6.45) is -7.96. The Morgan fingerprint density at radius 3 is 1.85 bits per heavy atom. The van der Waals surface area contributed by atoms with Gasteiger partial charge in [-0.1, -0.05) is 48.5 Å². The first kappa shape index (κ1) is 14.4. The number of halogens is 4. The van der Waals surface area contributed by atoms with Crippen molar-refractivity contribution in [1.29, 1.82) is 0 Å². The Morgan fingerprint density at radius 2 is 1.35 bits per heavy atom. The van der Waals surface area contributed by atoms with E-state index in [0.717, 1.165) is 0 Å². The molecule has 106 valence electrons. The number of alkyl halides is 4. The maximum absolute atomic E-state index is 13.7. The summed E-state index contributed by atoms with van der Waals surface area (Å²) in [6.45, 7) is -0.147. The van der Waals surface area contributed by atoms with Crippen LogP contribution >= 0.6 is 0 Å². The highest BCUT2D eigenvalue weighted by molar-refractivity contribution is 5.47. The molecule has 0 N–H and O–H groups in total. The molecular formula is C15H13F4N. The van der Waals surface area contributed by atoms with Crippen LogP contribution in [0.1, 0.15) is 5.56 Å². The summed E-state index contributed by atoms with van der Waals surface area (Å²) in [5, 5.41) is 0. The Balaban J connectivity index is 2.30. The van der Waals surface area contributed by atoms with Gasteiger partial charge in [-0.05, 0) is 17.7 Å². The van der Waals surface area contributed by atoms with Crippen LogP contribution in [0, 0.1) is 0 Å². The maximum Gasteiger partial charge on any atom is 0.438 e. The van der Waals surface area contributed by atoms with E-state index in [0.29, 0.717) is 10.5 Å². The Morgan fingerprint density at radius 1 is 0.850 bits per heavy atom. The predicted octanol–water partition coefficient (Wildman–Crippen LogP) is 4.55. The van der Waals surface area contributed by atoms with Gasteiger partial charge in [-0.2, -0.15) is 13.2 Å². The highest BCUT2D eigenvalue weighted by Crippen LogP contribution is 2.31. The average Bonchev–Trinajstić information content (AvgIpc) is 2.45. The molecule has 1 nitrogen and oxygen atoms in total. The number of anilines is 1. The maximum atomic E-state index is 13.7. The molecule has 20 heavy (non-hydrogen) atoms. The second-order valence-corrected chi connectivity index (χ2v) is 4.33. The molecule has 0 radical (unpaired) electrons. The SMILES string of the molecule is FC(N(Cc1ccccc1)c1ccccc1)C(F)(F)F. The van der Waals surface area contributed by atoms with Crippen LogP contribution < -0.4 is 4.90 Å². The summed E-state index contributed by atoms with van der Waals surface area (Å²) in [5.74, 6) is 0. The lowest BCUT2D eigenvalue weighted by Gasteiger charge is -2.29. The third-order valence-corrected chi connectivity index (χ3v) is 2.83. The van der Waals surface area contributed by atoms with Gasteiger partial charge in [0.1, 0.15) is 0 Å². The molecule has 0 aliphatic rings. The molecule has 0 amide bonds. The minimum atomic E-state index is -4.93. The van der Waals surface area contributed by atoms with Gasteiger partial charge in [-0.3, -0.25) is 0 Å². The van der Waals surface area contributed by atoms with Crippen molar-refractivity contribution in [3.63, 3.8) is 0 Å². The summed E-state index contributed by atoms with van der Waals surface area (Å²) in [5.41, 5.74) is 0.810. The Kier molecular flexibility index (Phi) is 4.27. The van der Waals surface area contributed by atoms with Gasteiger partial charge in [0.15, 0.2) is 0 Å². The smallest absolute Gasteiger partial charge is 0.330 e. The van der Waals surface area contributed by atoms with Gasteiger partial charge in [0.25, 0.3) is 6.30 Å². The van der Waals surface area contributed by atoms with E-state index < -0.39 is 12.5 Å². The fourth-order valence-corrected chi connectivity index (χ4v) is 1.88. The van der Waals surface area contributed by atoms with Gasteiger partial charge in [0, 0.05) is 12.2 Å². The van der Waals surface area contributed by atoms with E-state index in [1.165, 1.54) is 12.1 Å². The molecule has 2 aromatic rings. The summed E-state index contributed by atoms with van der Waals surface area (Å²) in [4.78, 5) is 0.704. The lowest BCUT2D eigenvalue weighted by atomic mass is 10.2. The van der Waals surface area contributed by atoms with Gasteiger partial charge in [0.05, 0.1) is 0 Å². The molecule has 5 heteroatoms. The Bertz CT molecular complexity index is 525. The minimum absolute atomic E-state index is 0.147. The van der Waals surface area contributed by atoms with Crippen LogP contribution in [-0.2, 0) is 6.54 Å². The molecule has 0 aliphatic carbocycles. The average molecular weight is 283 g/mol. The van der Waals surface area contributed by atoms with Crippen LogP contribution in [0.25, 0.3) is 0 Å². The molecular weight excluding hydrogens is 270 g/mol. The first-order valence-electron chi connectivity index (χ1n) is 6.05. The first-order valence-corrected chi connectivity index (χ1v) is 6.05. The van der Waals surface area contributed by atoms with E-state index in [1.54, 1.807) is 48.5 Å². The van der Waals surface area contributed by atoms with Crippen molar-refractivity contribution >= 4 is 5.69 Å². The van der Waals surface area contributed by atoms with Crippen molar-refractivity contribution in [1.82, 2.24) is 0 Å². The Labute approximate surface area is 114 Å². The molecule has 0 bridgehead atoms. The highest BCUT2D eigenvalue weighted by Gasteiger charge is 2.44.